The minimum atomic E-state index is 0.259. The zero-order valence-electron chi connectivity index (χ0n) is 15.7. The molecule has 3 rings (SSSR count). The summed E-state index contributed by atoms with van der Waals surface area (Å²) in [6.45, 7) is 6.10. The standard InChI is InChI=1S/C20H32N2O3/c1-23-18-7-6-17(14-19(18)24-2)15-21-16-20(8-12-25-13-9-20)22-10-4-3-5-11-22/h6-7,14,21H,3-5,8-13,15-16H2,1-2H3. The Labute approximate surface area is 151 Å². The number of nitrogens with one attached hydrogen (secondary N) is 1. The highest BCUT2D eigenvalue weighted by atomic mass is 16.5. The third-order valence-electron chi connectivity index (χ3n) is 5.68. The van der Waals surface area contributed by atoms with Crippen LogP contribution in [0.15, 0.2) is 18.2 Å². The Morgan fingerprint density at radius 2 is 1.76 bits per heavy atom. The molecule has 140 valence electrons. The molecule has 5 nitrogen and oxygen atoms in total. The fourth-order valence-corrected chi connectivity index (χ4v) is 4.15. The normalized spacial score (nSPS) is 21.0. The Bertz CT molecular complexity index is 538. The number of hydrogen-bond donors (Lipinski definition) is 1. The lowest BCUT2D eigenvalue weighted by Crippen LogP contribution is -2.59. The summed E-state index contributed by atoms with van der Waals surface area (Å²) < 4.78 is 16.4. The predicted octanol–water partition coefficient (Wildman–Crippen LogP) is 2.83. The molecule has 1 aromatic rings. The molecule has 0 bridgehead atoms. The molecule has 0 saturated carbocycles. The zero-order valence-corrected chi connectivity index (χ0v) is 15.7. The van der Waals surface area contributed by atoms with E-state index in [2.05, 4.69) is 22.3 Å². The number of benzene rings is 1. The minimum absolute atomic E-state index is 0.259. The van der Waals surface area contributed by atoms with Gasteiger partial charge in [-0.1, -0.05) is 12.5 Å². The number of piperidine rings is 1. The Morgan fingerprint density at radius 1 is 1.04 bits per heavy atom. The van der Waals surface area contributed by atoms with E-state index >= 15 is 0 Å². The van der Waals surface area contributed by atoms with Crippen molar-refractivity contribution in [2.45, 2.75) is 44.2 Å². The Kier molecular flexibility index (Phi) is 6.57. The van der Waals surface area contributed by atoms with Crippen LogP contribution in [-0.4, -0.2) is 57.5 Å². The van der Waals surface area contributed by atoms with Gasteiger partial charge in [0.25, 0.3) is 0 Å². The summed E-state index contributed by atoms with van der Waals surface area (Å²) in [6.07, 6.45) is 6.30. The van der Waals surface area contributed by atoms with Crippen LogP contribution in [-0.2, 0) is 11.3 Å². The summed E-state index contributed by atoms with van der Waals surface area (Å²) in [4.78, 5) is 2.72. The lowest BCUT2D eigenvalue weighted by atomic mass is 9.86. The van der Waals surface area contributed by atoms with E-state index in [1.54, 1.807) is 14.2 Å². The van der Waals surface area contributed by atoms with Gasteiger partial charge in [0.1, 0.15) is 0 Å². The molecule has 5 heteroatoms. The van der Waals surface area contributed by atoms with E-state index in [1.807, 2.05) is 6.07 Å². The van der Waals surface area contributed by atoms with Gasteiger partial charge in [-0.2, -0.15) is 0 Å². The number of likely N-dealkylation sites (tertiary alicyclic amines) is 1. The van der Waals surface area contributed by atoms with E-state index in [1.165, 1.54) is 37.9 Å². The van der Waals surface area contributed by atoms with Crippen molar-refractivity contribution in [1.82, 2.24) is 10.2 Å². The SMILES string of the molecule is COc1ccc(CNCC2(N3CCCCC3)CCOCC2)cc1OC. The van der Waals surface area contributed by atoms with Crippen LogP contribution in [0.3, 0.4) is 0 Å². The van der Waals surface area contributed by atoms with Crippen molar-refractivity contribution in [3.8, 4) is 11.5 Å². The summed E-state index contributed by atoms with van der Waals surface area (Å²) in [7, 11) is 3.35. The highest BCUT2D eigenvalue weighted by molar-refractivity contribution is 5.42. The summed E-state index contributed by atoms with van der Waals surface area (Å²) in [5.41, 5.74) is 1.48. The van der Waals surface area contributed by atoms with Gasteiger partial charge in [0, 0.05) is 31.8 Å². The molecule has 0 radical (unpaired) electrons. The Balaban J connectivity index is 1.61. The van der Waals surface area contributed by atoms with Crippen LogP contribution in [0.5, 0.6) is 11.5 Å². The van der Waals surface area contributed by atoms with Gasteiger partial charge in [-0.3, -0.25) is 4.90 Å². The van der Waals surface area contributed by atoms with Crippen molar-refractivity contribution >= 4 is 0 Å². The van der Waals surface area contributed by atoms with Gasteiger partial charge in [0.05, 0.1) is 14.2 Å². The molecule has 25 heavy (non-hydrogen) atoms. The second-order valence-electron chi connectivity index (χ2n) is 7.18. The molecular weight excluding hydrogens is 316 g/mol. The van der Waals surface area contributed by atoms with Gasteiger partial charge in [-0.05, 0) is 56.5 Å². The van der Waals surface area contributed by atoms with Crippen molar-refractivity contribution in [3.05, 3.63) is 23.8 Å². The Morgan fingerprint density at radius 3 is 2.44 bits per heavy atom. The number of ether oxygens (including phenoxy) is 3. The summed E-state index contributed by atoms with van der Waals surface area (Å²) in [5, 5.41) is 3.70. The monoisotopic (exact) mass is 348 g/mol. The van der Waals surface area contributed by atoms with E-state index in [9.17, 15) is 0 Å². The van der Waals surface area contributed by atoms with E-state index in [0.717, 1.165) is 50.6 Å². The van der Waals surface area contributed by atoms with Crippen molar-refractivity contribution in [1.29, 1.82) is 0 Å². The third-order valence-corrected chi connectivity index (χ3v) is 5.68. The van der Waals surface area contributed by atoms with E-state index in [-0.39, 0.29) is 5.54 Å². The first-order chi connectivity index (χ1) is 12.3. The lowest BCUT2D eigenvalue weighted by molar-refractivity contribution is -0.0358. The number of methoxy groups -OCH3 is 2. The number of hydrogen-bond acceptors (Lipinski definition) is 5. The molecule has 0 atom stereocenters. The molecular formula is C20H32N2O3. The van der Waals surface area contributed by atoms with Gasteiger partial charge in [0.15, 0.2) is 11.5 Å². The molecule has 0 spiro atoms. The van der Waals surface area contributed by atoms with Crippen LogP contribution in [0.1, 0.15) is 37.7 Å². The maximum Gasteiger partial charge on any atom is 0.161 e. The predicted molar refractivity (Wildman–Crippen MR) is 99.5 cm³/mol. The summed E-state index contributed by atoms with van der Waals surface area (Å²) >= 11 is 0. The topological polar surface area (TPSA) is 43.0 Å². The van der Waals surface area contributed by atoms with Gasteiger partial charge >= 0.3 is 0 Å². The van der Waals surface area contributed by atoms with Crippen LogP contribution in [0, 0.1) is 0 Å². The van der Waals surface area contributed by atoms with Crippen LogP contribution < -0.4 is 14.8 Å². The summed E-state index contributed by atoms with van der Waals surface area (Å²) in [6, 6.07) is 6.14. The average molecular weight is 348 g/mol. The van der Waals surface area contributed by atoms with Crippen molar-refractivity contribution < 1.29 is 14.2 Å². The summed E-state index contributed by atoms with van der Waals surface area (Å²) in [5.74, 6) is 1.57. The lowest BCUT2D eigenvalue weighted by Gasteiger charge is -2.48. The molecule has 0 aliphatic carbocycles. The van der Waals surface area contributed by atoms with E-state index in [0.29, 0.717) is 0 Å². The van der Waals surface area contributed by atoms with Crippen LogP contribution in [0.4, 0.5) is 0 Å². The van der Waals surface area contributed by atoms with E-state index in [4.69, 9.17) is 14.2 Å². The molecule has 0 amide bonds. The third kappa shape index (κ3) is 4.46. The van der Waals surface area contributed by atoms with Crippen LogP contribution in [0.2, 0.25) is 0 Å². The molecule has 1 N–H and O–H groups in total. The molecule has 2 aliphatic heterocycles. The second-order valence-corrected chi connectivity index (χ2v) is 7.18. The fraction of sp³-hybridized carbons (Fsp3) is 0.700. The van der Waals surface area contributed by atoms with Crippen molar-refractivity contribution in [3.63, 3.8) is 0 Å². The van der Waals surface area contributed by atoms with E-state index < -0.39 is 0 Å². The molecule has 1 aromatic carbocycles. The number of nitrogens with zero attached hydrogens (tertiary/aromatic N) is 1. The van der Waals surface area contributed by atoms with Crippen LogP contribution >= 0.6 is 0 Å². The highest BCUT2D eigenvalue weighted by Crippen LogP contribution is 2.31. The first-order valence-corrected chi connectivity index (χ1v) is 9.52. The molecule has 2 fully saturated rings. The van der Waals surface area contributed by atoms with Gasteiger partial charge in [-0.25, -0.2) is 0 Å². The highest BCUT2D eigenvalue weighted by Gasteiger charge is 2.38. The van der Waals surface area contributed by atoms with Gasteiger partial charge in [-0.15, -0.1) is 0 Å². The van der Waals surface area contributed by atoms with Crippen molar-refractivity contribution in [2.75, 3.05) is 47.1 Å². The fourth-order valence-electron chi connectivity index (χ4n) is 4.15. The van der Waals surface area contributed by atoms with Gasteiger partial charge < -0.3 is 19.5 Å². The molecule has 2 saturated heterocycles. The number of rotatable bonds is 7. The van der Waals surface area contributed by atoms with Crippen LogP contribution in [0.25, 0.3) is 0 Å². The first kappa shape index (κ1) is 18.5. The molecule has 2 heterocycles. The first-order valence-electron chi connectivity index (χ1n) is 9.52. The smallest absolute Gasteiger partial charge is 0.161 e. The molecule has 0 aromatic heterocycles. The van der Waals surface area contributed by atoms with Gasteiger partial charge in [0.2, 0.25) is 0 Å². The maximum atomic E-state index is 5.65. The minimum Gasteiger partial charge on any atom is -0.493 e. The quantitative estimate of drug-likeness (QED) is 0.821. The van der Waals surface area contributed by atoms with Crippen molar-refractivity contribution in [2.24, 2.45) is 0 Å². The maximum absolute atomic E-state index is 5.65. The zero-order chi connectivity index (χ0) is 17.5. The molecule has 2 aliphatic rings. The average Bonchev–Trinajstić information content (AvgIpc) is 2.69. The largest absolute Gasteiger partial charge is 0.493 e. The Hall–Kier alpha value is -1.30. The second kappa shape index (κ2) is 8.88. The molecule has 0 unspecified atom stereocenters.